The van der Waals surface area contributed by atoms with Crippen molar-refractivity contribution < 1.29 is 18.9 Å². The predicted molar refractivity (Wildman–Crippen MR) is 91.3 cm³/mol. The summed E-state index contributed by atoms with van der Waals surface area (Å²) in [5.74, 6) is 0. The molecule has 1 aromatic carbocycles. The van der Waals surface area contributed by atoms with Gasteiger partial charge in [-0.3, -0.25) is 9.80 Å². The number of nitrogens with zero attached hydrogens (tertiary/aromatic N) is 2. The van der Waals surface area contributed by atoms with Crippen LogP contribution in [0.15, 0.2) is 30.3 Å². The predicted octanol–water partition coefficient (Wildman–Crippen LogP) is 0.884. The van der Waals surface area contributed by atoms with E-state index in [-0.39, 0.29) is 6.17 Å². The van der Waals surface area contributed by atoms with Crippen molar-refractivity contribution in [3.63, 3.8) is 0 Å². The lowest BCUT2D eigenvalue weighted by Crippen LogP contribution is -2.47. The van der Waals surface area contributed by atoms with Crippen LogP contribution in [0, 0.1) is 0 Å². The molecule has 6 nitrogen and oxygen atoms in total. The summed E-state index contributed by atoms with van der Waals surface area (Å²) in [7, 11) is 0. The quantitative estimate of drug-likeness (QED) is 0.438. The molecule has 6 heteroatoms. The number of ether oxygens (including phenoxy) is 4. The van der Waals surface area contributed by atoms with Crippen LogP contribution in [-0.4, -0.2) is 86.8 Å². The number of epoxide rings is 4. The average molecular weight is 346 g/mol. The maximum absolute atomic E-state index is 5.54. The van der Waals surface area contributed by atoms with E-state index in [0.29, 0.717) is 24.4 Å². The summed E-state index contributed by atoms with van der Waals surface area (Å²) in [5, 5.41) is 0. The van der Waals surface area contributed by atoms with E-state index in [1.165, 1.54) is 5.56 Å². The van der Waals surface area contributed by atoms with Gasteiger partial charge in [0.1, 0.15) is 0 Å². The molecule has 4 aliphatic rings. The first-order chi connectivity index (χ1) is 12.3. The Morgan fingerprint density at radius 3 is 1.36 bits per heavy atom. The molecule has 0 N–H and O–H groups in total. The molecule has 0 bridgehead atoms. The maximum atomic E-state index is 5.54. The largest absolute Gasteiger partial charge is 0.372 e. The number of rotatable bonds is 11. The van der Waals surface area contributed by atoms with E-state index in [9.17, 15) is 0 Å². The average Bonchev–Trinajstić information content (AvgIpc) is 3.45. The lowest BCUT2D eigenvalue weighted by molar-refractivity contribution is 0.0221. The van der Waals surface area contributed by atoms with Crippen LogP contribution in [0.2, 0.25) is 0 Å². The third kappa shape index (κ3) is 4.58. The Labute approximate surface area is 148 Å². The molecule has 4 atom stereocenters. The minimum absolute atomic E-state index is 0.211. The van der Waals surface area contributed by atoms with Crippen molar-refractivity contribution in [2.45, 2.75) is 30.6 Å². The van der Waals surface area contributed by atoms with Crippen molar-refractivity contribution in [3.8, 4) is 0 Å². The van der Waals surface area contributed by atoms with Crippen LogP contribution < -0.4 is 0 Å². The zero-order valence-corrected chi connectivity index (χ0v) is 14.5. The van der Waals surface area contributed by atoms with E-state index in [0.717, 1.165) is 52.6 Å². The maximum Gasteiger partial charge on any atom is 0.0937 e. The van der Waals surface area contributed by atoms with Crippen LogP contribution in [0.3, 0.4) is 0 Å². The van der Waals surface area contributed by atoms with Crippen LogP contribution in [0.1, 0.15) is 11.7 Å². The molecule has 0 spiro atoms. The standard InChI is InChI=1S/C19H26N2O4/c1-2-4-14(5-3-1)19(20(6-15-10-22-15)7-16-11-23-16)21(8-17-12-24-17)9-18-13-25-18/h1-5,15-19H,6-13H2. The fourth-order valence-electron chi connectivity index (χ4n) is 3.57. The van der Waals surface area contributed by atoms with Gasteiger partial charge in [-0.25, -0.2) is 0 Å². The third-order valence-corrected chi connectivity index (χ3v) is 5.15. The van der Waals surface area contributed by atoms with Crippen LogP contribution in [0.25, 0.3) is 0 Å². The van der Waals surface area contributed by atoms with E-state index in [2.05, 4.69) is 40.1 Å². The summed E-state index contributed by atoms with van der Waals surface area (Å²) in [5.41, 5.74) is 1.32. The van der Waals surface area contributed by atoms with Gasteiger partial charge in [-0.2, -0.15) is 0 Å². The summed E-state index contributed by atoms with van der Waals surface area (Å²) >= 11 is 0. The Bertz CT molecular complexity index is 510. The molecular formula is C19H26N2O4. The summed E-state index contributed by atoms with van der Waals surface area (Å²) in [6.07, 6.45) is 1.66. The summed E-state index contributed by atoms with van der Waals surface area (Å²) in [4.78, 5) is 5.07. The zero-order chi connectivity index (χ0) is 16.6. The normalized spacial score (nSPS) is 33.5. The summed E-state index contributed by atoms with van der Waals surface area (Å²) in [6, 6.07) is 10.8. The molecule has 25 heavy (non-hydrogen) atoms. The van der Waals surface area contributed by atoms with E-state index in [4.69, 9.17) is 18.9 Å². The van der Waals surface area contributed by atoms with Gasteiger partial charge in [0.15, 0.2) is 0 Å². The van der Waals surface area contributed by atoms with Crippen LogP contribution >= 0.6 is 0 Å². The van der Waals surface area contributed by atoms with E-state index in [1.54, 1.807) is 0 Å². The van der Waals surface area contributed by atoms with Crippen LogP contribution in [0.4, 0.5) is 0 Å². The van der Waals surface area contributed by atoms with Gasteiger partial charge in [0, 0.05) is 26.2 Å². The summed E-state index contributed by atoms with van der Waals surface area (Å²) in [6.45, 7) is 7.31. The molecule has 4 fully saturated rings. The fraction of sp³-hybridized carbons (Fsp3) is 0.684. The van der Waals surface area contributed by atoms with Crippen molar-refractivity contribution in [2.75, 3.05) is 52.6 Å². The SMILES string of the molecule is c1ccc(C(N(CC2CO2)CC2CO2)N(CC2CO2)CC2CO2)cc1. The highest BCUT2D eigenvalue weighted by Gasteiger charge is 2.40. The zero-order valence-electron chi connectivity index (χ0n) is 14.5. The second kappa shape index (κ2) is 6.95. The van der Waals surface area contributed by atoms with Crippen LogP contribution in [-0.2, 0) is 18.9 Å². The molecule has 0 saturated carbocycles. The van der Waals surface area contributed by atoms with Gasteiger partial charge in [0.05, 0.1) is 57.0 Å². The van der Waals surface area contributed by atoms with E-state index >= 15 is 0 Å². The van der Waals surface area contributed by atoms with Crippen molar-refractivity contribution in [2.24, 2.45) is 0 Å². The highest BCUT2D eigenvalue weighted by atomic mass is 16.6. The molecule has 0 aliphatic carbocycles. The van der Waals surface area contributed by atoms with Gasteiger partial charge in [-0.15, -0.1) is 0 Å². The molecule has 4 saturated heterocycles. The number of hydrogen-bond acceptors (Lipinski definition) is 6. The topological polar surface area (TPSA) is 56.6 Å². The van der Waals surface area contributed by atoms with Gasteiger partial charge < -0.3 is 18.9 Å². The Morgan fingerprint density at radius 2 is 1.04 bits per heavy atom. The molecule has 0 amide bonds. The van der Waals surface area contributed by atoms with Gasteiger partial charge in [0.2, 0.25) is 0 Å². The molecule has 0 aromatic heterocycles. The molecule has 0 radical (unpaired) electrons. The van der Waals surface area contributed by atoms with Gasteiger partial charge in [-0.05, 0) is 5.56 Å². The highest BCUT2D eigenvalue weighted by Crippen LogP contribution is 2.32. The van der Waals surface area contributed by atoms with E-state index in [1.807, 2.05) is 0 Å². The Balaban J connectivity index is 1.41. The first kappa shape index (κ1) is 16.2. The molecule has 4 aliphatic heterocycles. The first-order valence-corrected chi connectivity index (χ1v) is 9.34. The van der Waals surface area contributed by atoms with Crippen LogP contribution in [0.5, 0.6) is 0 Å². The first-order valence-electron chi connectivity index (χ1n) is 9.34. The van der Waals surface area contributed by atoms with Crippen molar-refractivity contribution in [1.29, 1.82) is 0 Å². The van der Waals surface area contributed by atoms with Gasteiger partial charge in [-0.1, -0.05) is 30.3 Å². The van der Waals surface area contributed by atoms with Crippen molar-refractivity contribution in [3.05, 3.63) is 35.9 Å². The second-order valence-electron chi connectivity index (χ2n) is 7.51. The lowest BCUT2D eigenvalue weighted by atomic mass is 10.1. The lowest BCUT2D eigenvalue weighted by Gasteiger charge is -2.39. The monoisotopic (exact) mass is 346 g/mol. The summed E-state index contributed by atoms with van der Waals surface area (Å²) < 4.78 is 22.2. The fourth-order valence-corrected chi connectivity index (χ4v) is 3.57. The Hall–Kier alpha value is -1.02. The third-order valence-electron chi connectivity index (χ3n) is 5.15. The smallest absolute Gasteiger partial charge is 0.0937 e. The molecule has 4 heterocycles. The minimum Gasteiger partial charge on any atom is -0.372 e. The molecule has 136 valence electrons. The molecular weight excluding hydrogens is 320 g/mol. The highest BCUT2D eigenvalue weighted by molar-refractivity contribution is 5.19. The second-order valence-corrected chi connectivity index (χ2v) is 7.51. The van der Waals surface area contributed by atoms with Crippen molar-refractivity contribution >= 4 is 0 Å². The van der Waals surface area contributed by atoms with E-state index < -0.39 is 0 Å². The van der Waals surface area contributed by atoms with Gasteiger partial charge >= 0.3 is 0 Å². The number of hydrogen-bond donors (Lipinski definition) is 0. The molecule has 1 aromatic rings. The molecule has 4 unspecified atom stereocenters. The minimum atomic E-state index is 0.211. The van der Waals surface area contributed by atoms with Gasteiger partial charge in [0.25, 0.3) is 0 Å². The number of benzene rings is 1. The Morgan fingerprint density at radius 1 is 0.680 bits per heavy atom. The Kier molecular flexibility index (Phi) is 4.49. The molecule has 5 rings (SSSR count). The van der Waals surface area contributed by atoms with Crippen molar-refractivity contribution in [1.82, 2.24) is 9.80 Å².